The molecule has 2 rings (SSSR count). The number of rotatable bonds is 3. The van der Waals surface area contributed by atoms with Gasteiger partial charge in [0.2, 0.25) is 0 Å². The maximum absolute atomic E-state index is 12.5. The van der Waals surface area contributed by atoms with Crippen LogP contribution in [-0.4, -0.2) is 10.9 Å². The van der Waals surface area contributed by atoms with Crippen molar-refractivity contribution in [2.45, 2.75) is 13.8 Å². The van der Waals surface area contributed by atoms with Gasteiger partial charge in [0.25, 0.3) is 5.91 Å². The number of carbonyl (C=O) groups excluding carboxylic acids is 1. The predicted octanol–water partition coefficient (Wildman–Crippen LogP) is 3.95. The van der Waals surface area contributed by atoms with E-state index in [1.165, 1.54) is 0 Å². The van der Waals surface area contributed by atoms with Gasteiger partial charge >= 0.3 is 0 Å². The molecule has 2 aromatic rings. The number of halogens is 1. The minimum Gasteiger partial charge on any atom is -0.389 e. The maximum atomic E-state index is 12.5. The van der Waals surface area contributed by atoms with Crippen LogP contribution in [0.25, 0.3) is 0 Å². The zero-order valence-electron chi connectivity index (χ0n) is 11.7. The first kappa shape index (κ1) is 15.7. The second-order valence-corrected chi connectivity index (χ2v) is 6.13. The van der Waals surface area contributed by atoms with E-state index in [1.807, 2.05) is 38.1 Å². The van der Waals surface area contributed by atoms with Gasteiger partial charge in [-0.2, -0.15) is 0 Å². The van der Waals surface area contributed by atoms with Crippen LogP contribution >= 0.6 is 28.1 Å². The van der Waals surface area contributed by atoms with Gasteiger partial charge < -0.3 is 11.1 Å². The van der Waals surface area contributed by atoms with Crippen LogP contribution in [0.1, 0.15) is 27.0 Å². The molecule has 0 fully saturated rings. The van der Waals surface area contributed by atoms with Gasteiger partial charge in [-0.1, -0.05) is 46.3 Å². The zero-order valence-corrected chi connectivity index (χ0v) is 14.1. The van der Waals surface area contributed by atoms with Crippen molar-refractivity contribution >= 4 is 44.7 Å². The van der Waals surface area contributed by atoms with Crippen LogP contribution in [-0.2, 0) is 0 Å². The molecule has 0 aliphatic rings. The summed E-state index contributed by atoms with van der Waals surface area (Å²) in [5.74, 6) is -0.162. The molecule has 0 aliphatic heterocycles. The predicted molar refractivity (Wildman–Crippen MR) is 93.9 cm³/mol. The number of benzene rings is 2. The lowest BCUT2D eigenvalue weighted by atomic mass is 10.0. The number of thiocarbonyl (C=S) groups is 1. The molecule has 0 heterocycles. The summed E-state index contributed by atoms with van der Waals surface area (Å²) in [5, 5.41) is 2.89. The molecule has 3 nitrogen and oxygen atoms in total. The van der Waals surface area contributed by atoms with Crippen LogP contribution < -0.4 is 11.1 Å². The summed E-state index contributed by atoms with van der Waals surface area (Å²) >= 11 is 8.41. The highest BCUT2D eigenvalue weighted by molar-refractivity contribution is 9.10. The lowest BCUT2D eigenvalue weighted by Crippen LogP contribution is -2.19. The number of carbonyl (C=O) groups is 1. The molecule has 0 atom stereocenters. The molecule has 0 saturated carbocycles. The van der Waals surface area contributed by atoms with Crippen LogP contribution in [0, 0.1) is 13.8 Å². The third kappa shape index (κ3) is 3.49. The first-order valence-electron chi connectivity index (χ1n) is 6.37. The van der Waals surface area contributed by atoms with Gasteiger partial charge in [0.15, 0.2) is 0 Å². The molecule has 2 aromatic carbocycles. The number of amides is 1. The molecule has 0 unspecified atom stereocenters. The van der Waals surface area contributed by atoms with Gasteiger partial charge in [0, 0.05) is 15.6 Å². The van der Waals surface area contributed by atoms with Crippen molar-refractivity contribution in [1.29, 1.82) is 0 Å². The van der Waals surface area contributed by atoms with Crippen LogP contribution in [0.15, 0.2) is 40.9 Å². The largest absolute Gasteiger partial charge is 0.389 e. The van der Waals surface area contributed by atoms with Crippen molar-refractivity contribution in [2.75, 3.05) is 5.32 Å². The average molecular weight is 363 g/mol. The minimum absolute atomic E-state index is 0.162. The Kier molecular flexibility index (Phi) is 4.75. The number of hydrogen-bond donors (Lipinski definition) is 2. The van der Waals surface area contributed by atoms with Crippen LogP contribution in [0.2, 0.25) is 0 Å². The molecule has 21 heavy (non-hydrogen) atoms. The third-order valence-corrected chi connectivity index (χ3v) is 3.92. The number of anilines is 1. The third-order valence-electron chi connectivity index (χ3n) is 3.20. The second kappa shape index (κ2) is 6.37. The Hall–Kier alpha value is -1.72. The first-order valence-corrected chi connectivity index (χ1v) is 7.57. The molecule has 0 spiro atoms. The summed E-state index contributed by atoms with van der Waals surface area (Å²) in [6, 6.07) is 11.2. The summed E-state index contributed by atoms with van der Waals surface area (Å²) in [7, 11) is 0. The van der Waals surface area contributed by atoms with Crippen LogP contribution in [0.3, 0.4) is 0 Å². The molecule has 0 aliphatic carbocycles. The quantitative estimate of drug-likeness (QED) is 0.812. The van der Waals surface area contributed by atoms with Crippen molar-refractivity contribution < 1.29 is 4.79 Å². The van der Waals surface area contributed by atoms with Crippen molar-refractivity contribution in [3.63, 3.8) is 0 Å². The lowest BCUT2D eigenvalue weighted by molar-refractivity contribution is 0.102. The zero-order chi connectivity index (χ0) is 15.6. The first-order chi connectivity index (χ1) is 9.90. The molecule has 3 N–H and O–H groups in total. The molecule has 108 valence electrons. The fourth-order valence-corrected chi connectivity index (χ4v) is 2.72. The summed E-state index contributed by atoms with van der Waals surface area (Å²) in [6.07, 6.45) is 0. The SMILES string of the molecule is Cc1cccc(C)c1C(=O)Nc1ccc(Br)cc1C(N)=S. The number of hydrogen-bond acceptors (Lipinski definition) is 2. The Balaban J connectivity index is 2.39. The van der Waals surface area contributed by atoms with E-state index >= 15 is 0 Å². The summed E-state index contributed by atoms with van der Waals surface area (Å²) in [5.41, 5.74) is 9.50. The van der Waals surface area contributed by atoms with Gasteiger partial charge in [0.1, 0.15) is 4.99 Å². The average Bonchev–Trinajstić information content (AvgIpc) is 2.40. The van der Waals surface area contributed by atoms with E-state index in [9.17, 15) is 4.79 Å². The Labute approximate surface area is 137 Å². The lowest BCUT2D eigenvalue weighted by Gasteiger charge is -2.13. The smallest absolute Gasteiger partial charge is 0.256 e. The molecule has 0 saturated heterocycles. The Morgan fingerprint density at radius 3 is 2.38 bits per heavy atom. The Morgan fingerprint density at radius 2 is 1.81 bits per heavy atom. The van der Waals surface area contributed by atoms with E-state index in [4.69, 9.17) is 18.0 Å². The Morgan fingerprint density at radius 1 is 1.19 bits per heavy atom. The summed E-state index contributed by atoms with van der Waals surface area (Å²) < 4.78 is 0.857. The number of nitrogens with two attached hydrogens (primary N) is 1. The highest BCUT2D eigenvalue weighted by Crippen LogP contribution is 2.23. The van der Waals surface area contributed by atoms with Gasteiger partial charge in [0.05, 0.1) is 5.69 Å². The van der Waals surface area contributed by atoms with Gasteiger partial charge in [-0.3, -0.25) is 4.79 Å². The molecule has 1 amide bonds. The maximum Gasteiger partial charge on any atom is 0.256 e. The van der Waals surface area contributed by atoms with Crippen LogP contribution in [0.5, 0.6) is 0 Å². The van der Waals surface area contributed by atoms with E-state index in [0.29, 0.717) is 16.8 Å². The van der Waals surface area contributed by atoms with E-state index in [0.717, 1.165) is 15.6 Å². The Bertz CT molecular complexity index is 708. The standard InChI is InChI=1S/C16H15BrN2OS/c1-9-4-3-5-10(2)14(9)16(20)19-13-7-6-11(17)8-12(13)15(18)21/h3-8H,1-2H3,(H2,18,21)(H,19,20). The van der Waals surface area contributed by atoms with Crippen molar-refractivity contribution in [1.82, 2.24) is 0 Å². The molecular weight excluding hydrogens is 348 g/mol. The molecule has 0 radical (unpaired) electrons. The van der Waals surface area contributed by atoms with E-state index in [-0.39, 0.29) is 10.9 Å². The number of nitrogens with one attached hydrogen (secondary N) is 1. The van der Waals surface area contributed by atoms with E-state index < -0.39 is 0 Å². The fourth-order valence-electron chi connectivity index (χ4n) is 2.19. The highest BCUT2D eigenvalue weighted by atomic mass is 79.9. The highest BCUT2D eigenvalue weighted by Gasteiger charge is 2.14. The molecule has 0 bridgehead atoms. The monoisotopic (exact) mass is 362 g/mol. The van der Waals surface area contributed by atoms with Crippen molar-refractivity contribution in [3.05, 3.63) is 63.1 Å². The number of aryl methyl sites for hydroxylation is 2. The van der Waals surface area contributed by atoms with Crippen LogP contribution in [0.4, 0.5) is 5.69 Å². The second-order valence-electron chi connectivity index (χ2n) is 4.78. The van der Waals surface area contributed by atoms with Gasteiger partial charge in [-0.25, -0.2) is 0 Å². The van der Waals surface area contributed by atoms with Gasteiger partial charge in [-0.15, -0.1) is 0 Å². The molecular formula is C16H15BrN2OS. The minimum atomic E-state index is -0.162. The van der Waals surface area contributed by atoms with Crippen molar-refractivity contribution in [2.24, 2.45) is 5.73 Å². The normalized spacial score (nSPS) is 10.2. The fraction of sp³-hybridized carbons (Fsp3) is 0.125. The topological polar surface area (TPSA) is 55.1 Å². The van der Waals surface area contributed by atoms with Crippen molar-refractivity contribution in [3.8, 4) is 0 Å². The summed E-state index contributed by atoms with van der Waals surface area (Å²) in [6.45, 7) is 3.83. The molecule has 5 heteroatoms. The summed E-state index contributed by atoms with van der Waals surface area (Å²) in [4.78, 5) is 12.8. The molecule has 0 aromatic heterocycles. The van der Waals surface area contributed by atoms with E-state index in [1.54, 1.807) is 12.1 Å². The van der Waals surface area contributed by atoms with E-state index in [2.05, 4.69) is 21.2 Å². The van der Waals surface area contributed by atoms with Gasteiger partial charge in [-0.05, 0) is 43.2 Å².